The van der Waals surface area contributed by atoms with Gasteiger partial charge in [0.25, 0.3) is 10.9 Å². The number of anilines is 6. The number of nitrogens with two attached hydrogens (primary N) is 1. The molecule has 0 atom stereocenters. The topological polar surface area (TPSA) is 129 Å². The Balaban J connectivity index is 0.00000304. The van der Waals surface area contributed by atoms with E-state index in [2.05, 4.69) is 25.8 Å². The minimum absolute atomic E-state index is 0. The summed E-state index contributed by atoms with van der Waals surface area (Å²) in [6.07, 6.45) is 4.70. The van der Waals surface area contributed by atoms with Crippen LogP contribution in [0.5, 0.6) is 0 Å². The first-order chi connectivity index (χ1) is 17.1. The van der Waals surface area contributed by atoms with E-state index in [1.54, 1.807) is 0 Å². The normalized spacial score (nSPS) is 15.2. The summed E-state index contributed by atoms with van der Waals surface area (Å²) in [6.45, 7) is 5.47. The Hall–Kier alpha value is -3.37. The zero-order valence-corrected chi connectivity index (χ0v) is 21.1. The first-order valence-electron chi connectivity index (χ1n) is 12.4. The fourth-order valence-corrected chi connectivity index (χ4v) is 4.61. The number of benzene rings is 1. The Morgan fingerprint density at radius 2 is 1.42 bits per heavy atom. The quantitative estimate of drug-likeness (QED) is 0.237. The molecule has 0 saturated carbocycles. The van der Waals surface area contributed by atoms with Crippen molar-refractivity contribution >= 4 is 47.1 Å². The van der Waals surface area contributed by atoms with Gasteiger partial charge in [0.2, 0.25) is 5.95 Å². The third-order valence-corrected chi connectivity index (χ3v) is 6.62. The molecule has 0 amide bonds. The van der Waals surface area contributed by atoms with E-state index in [4.69, 9.17) is 15.7 Å². The molecule has 0 aliphatic carbocycles. The van der Waals surface area contributed by atoms with E-state index in [0.717, 1.165) is 55.0 Å². The summed E-state index contributed by atoms with van der Waals surface area (Å²) in [4.78, 5) is 38.4. The maximum absolute atomic E-state index is 12.1. The fourth-order valence-electron chi connectivity index (χ4n) is 4.61. The molecule has 3 aromatic rings. The number of rotatable bonds is 10. The van der Waals surface area contributed by atoms with Gasteiger partial charge in [-0.05, 0) is 43.4 Å². The summed E-state index contributed by atoms with van der Waals surface area (Å²) >= 11 is 0. The van der Waals surface area contributed by atoms with Crippen molar-refractivity contribution in [2.75, 3.05) is 65.0 Å². The summed E-state index contributed by atoms with van der Waals surface area (Å²) in [5.74, 6) is 2.51. The van der Waals surface area contributed by atoms with Gasteiger partial charge in [0.1, 0.15) is 23.0 Å². The minimum Gasteiger partial charge on any atom is -0.378 e. The molecule has 11 heteroatoms. The highest BCUT2D eigenvalue weighted by atomic mass is 35.5. The molecule has 2 aliphatic heterocycles. The number of hydrogen-bond donors (Lipinski definition) is 4. The number of aromatic nitrogens is 2. The van der Waals surface area contributed by atoms with Gasteiger partial charge in [-0.25, -0.2) is 0 Å². The molecule has 2 fully saturated rings. The van der Waals surface area contributed by atoms with Gasteiger partial charge in [0, 0.05) is 57.6 Å². The van der Waals surface area contributed by atoms with Crippen LogP contribution >= 0.6 is 12.4 Å². The molecule has 0 unspecified atom stereocenters. The molecule has 1 aromatic heterocycles. The molecule has 2 saturated heterocycles. The SMILES string of the molecule is Cl.NCc1ccc(Nc2c(NCCNc3cc(N4CCCC4)nc(N4CCCC4)n3)c(=O)c2=O)cc1. The van der Waals surface area contributed by atoms with Crippen LogP contribution in [-0.4, -0.2) is 49.2 Å². The molecule has 0 bridgehead atoms. The number of nitrogens with zero attached hydrogens (tertiary/aromatic N) is 4. The van der Waals surface area contributed by atoms with Crippen molar-refractivity contribution in [3.05, 3.63) is 56.3 Å². The largest absolute Gasteiger partial charge is 0.378 e. The van der Waals surface area contributed by atoms with E-state index in [1.807, 2.05) is 30.3 Å². The summed E-state index contributed by atoms with van der Waals surface area (Å²) in [7, 11) is 0. The Kier molecular flexibility index (Phi) is 8.27. The van der Waals surface area contributed by atoms with E-state index in [0.29, 0.717) is 31.0 Å². The molecule has 5 rings (SSSR count). The van der Waals surface area contributed by atoms with Crippen molar-refractivity contribution in [1.29, 1.82) is 0 Å². The molecule has 2 aromatic carbocycles. The van der Waals surface area contributed by atoms with Crippen LogP contribution in [0.15, 0.2) is 39.9 Å². The molecule has 0 spiro atoms. The highest BCUT2D eigenvalue weighted by molar-refractivity contribution is 5.85. The average molecular weight is 513 g/mol. The predicted molar refractivity (Wildman–Crippen MR) is 148 cm³/mol. The molecule has 2 aliphatic rings. The van der Waals surface area contributed by atoms with Crippen LogP contribution in [0, 0.1) is 0 Å². The molecule has 0 radical (unpaired) electrons. The lowest BCUT2D eigenvalue weighted by atomic mass is 10.1. The van der Waals surface area contributed by atoms with Crippen molar-refractivity contribution in [2.24, 2.45) is 5.73 Å². The van der Waals surface area contributed by atoms with E-state index in [1.165, 1.54) is 25.7 Å². The highest BCUT2D eigenvalue weighted by Crippen LogP contribution is 2.26. The van der Waals surface area contributed by atoms with Gasteiger partial charge in [-0.1, -0.05) is 12.1 Å². The van der Waals surface area contributed by atoms with Crippen molar-refractivity contribution < 1.29 is 0 Å². The number of nitrogens with one attached hydrogen (secondary N) is 3. The van der Waals surface area contributed by atoms with Crippen LogP contribution in [0.1, 0.15) is 31.2 Å². The Bertz CT molecular complexity index is 1200. The maximum atomic E-state index is 12.1. The summed E-state index contributed by atoms with van der Waals surface area (Å²) in [5.41, 5.74) is 6.97. The predicted octanol–water partition coefficient (Wildman–Crippen LogP) is 2.42. The third-order valence-electron chi connectivity index (χ3n) is 6.62. The minimum atomic E-state index is -0.510. The zero-order chi connectivity index (χ0) is 24.2. The van der Waals surface area contributed by atoms with Crippen LogP contribution in [-0.2, 0) is 6.54 Å². The number of halogens is 1. The Morgan fingerprint density at radius 3 is 2.08 bits per heavy atom. The van der Waals surface area contributed by atoms with Crippen LogP contribution in [0.2, 0.25) is 0 Å². The van der Waals surface area contributed by atoms with Crippen LogP contribution in [0.4, 0.5) is 34.6 Å². The van der Waals surface area contributed by atoms with Gasteiger partial charge in [-0.15, -0.1) is 12.4 Å². The van der Waals surface area contributed by atoms with E-state index in [-0.39, 0.29) is 12.4 Å². The second kappa shape index (κ2) is 11.6. The Morgan fingerprint density at radius 1 is 0.806 bits per heavy atom. The summed E-state index contributed by atoms with van der Waals surface area (Å²) in [5, 5.41) is 9.51. The molecule has 36 heavy (non-hydrogen) atoms. The average Bonchev–Trinajstić information content (AvgIpc) is 3.63. The van der Waals surface area contributed by atoms with Crippen molar-refractivity contribution in [2.45, 2.75) is 32.2 Å². The molecule has 3 heterocycles. The van der Waals surface area contributed by atoms with Crippen molar-refractivity contribution in [3.8, 4) is 0 Å². The first-order valence-corrected chi connectivity index (χ1v) is 12.4. The third kappa shape index (κ3) is 5.55. The number of hydrogen-bond acceptors (Lipinski definition) is 10. The van der Waals surface area contributed by atoms with Gasteiger partial charge in [0.15, 0.2) is 0 Å². The van der Waals surface area contributed by atoms with Gasteiger partial charge in [0.05, 0.1) is 0 Å². The molecule has 5 N–H and O–H groups in total. The summed E-state index contributed by atoms with van der Waals surface area (Å²) in [6, 6.07) is 9.46. The maximum Gasteiger partial charge on any atom is 0.253 e. The smallest absolute Gasteiger partial charge is 0.253 e. The lowest BCUT2D eigenvalue weighted by molar-refractivity contribution is 0.870. The highest BCUT2D eigenvalue weighted by Gasteiger charge is 2.22. The first kappa shape index (κ1) is 25.7. The van der Waals surface area contributed by atoms with Crippen molar-refractivity contribution in [1.82, 2.24) is 9.97 Å². The monoisotopic (exact) mass is 512 g/mol. The molecular weight excluding hydrogens is 480 g/mol. The van der Waals surface area contributed by atoms with Gasteiger partial charge >= 0.3 is 0 Å². The Labute approximate surface area is 216 Å². The zero-order valence-electron chi connectivity index (χ0n) is 20.3. The lowest BCUT2D eigenvalue weighted by Gasteiger charge is -2.22. The van der Waals surface area contributed by atoms with E-state index in [9.17, 15) is 9.59 Å². The van der Waals surface area contributed by atoms with Crippen LogP contribution < -0.4 is 42.3 Å². The van der Waals surface area contributed by atoms with Crippen LogP contribution in [0.3, 0.4) is 0 Å². The summed E-state index contributed by atoms with van der Waals surface area (Å²) < 4.78 is 0. The second-order valence-electron chi connectivity index (χ2n) is 9.09. The van der Waals surface area contributed by atoms with Gasteiger partial charge in [-0.3, -0.25) is 9.59 Å². The molecule has 10 nitrogen and oxygen atoms in total. The van der Waals surface area contributed by atoms with Crippen LogP contribution in [0.25, 0.3) is 0 Å². The van der Waals surface area contributed by atoms with E-state index < -0.39 is 10.9 Å². The van der Waals surface area contributed by atoms with Gasteiger partial charge < -0.3 is 31.5 Å². The molecular formula is C25H33ClN8O2. The standard InChI is InChI=1S/C25H32N8O2.ClH/c26-16-17-5-7-18(8-6-17)29-22-21(23(34)24(22)35)28-10-9-27-19-15-20(32-11-1-2-12-32)31-25(30-19)33-13-3-4-14-33;/h5-8,15,28-29H,1-4,9-14,16,26H2,(H,27,30,31);1H. The van der Waals surface area contributed by atoms with Crippen molar-refractivity contribution in [3.63, 3.8) is 0 Å². The fraction of sp³-hybridized carbons (Fsp3) is 0.440. The second-order valence-corrected chi connectivity index (χ2v) is 9.09. The molecule has 192 valence electrons. The lowest BCUT2D eigenvalue weighted by Crippen LogP contribution is -2.37. The van der Waals surface area contributed by atoms with Gasteiger partial charge in [-0.2, -0.15) is 9.97 Å². The van der Waals surface area contributed by atoms with E-state index >= 15 is 0 Å².